The van der Waals surface area contributed by atoms with Gasteiger partial charge in [-0.2, -0.15) is 0 Å². The van der Waals surface area contributed by atoms with E-state index in [0.717, 1.165) is 137 Å². The number of benzene rings is 4. The summed E-state index contributed by atoms with van der Waals surface area (Å²) in [6, 6.07) is 36.5. The van der Waals surface area contributed by atoms with Gasteiger partial charge in [-0.15, -0.1) is 34.0 Å². The molecule has 0 spiro atoms. The molecule has 13 rings (SSSR count). The number of Topliss-reactive ketones (excluding diaryl/α,β-unsaturated/α-hetero) is 3. The number of aromatic nitrogens is 3. The van der Waals surface area contributed by atoms with Gasteiger partial charge in [0.05, 0.1) is 26.6 Å². The number of carbonyl (C=O) groups excluding carboxylic acids is 3. The van der Waals surface area contributed by atoms with Crippen LogP contribution in [0, 0.1) is 0 Å². The third-order valence-corrected chi connectivity index (χ3v) is 18.3. The molecule has 0 unspecified atom stereocenters. The number of ketones is 3. The maximum atomic E-state index is 13.0. The van der Waals surface area contributed by atoms with Crippen LogP contribution in [0.5, 0.6) is 0 Å². The Morgan fingerprint density at radius 3 is 1.46 bits per heavy atom. The Morgan fingerprint density at radius 1 is 0.506 bits per heavy atom. The predicted octanol–water partition coefficient (Wildman–Crippen LogP) is 9.98. The van der Waals surface area contributed by atoms with Gasteiger partial charge in [0, 0.05) is 187 Å². The molecule has 10 aromatic rings. The number of hydrogen-bond donors (Lipinski definition) is 4. The van der Waals surface area contributed by atoms with Crippen molar-refractivity contribution in [3.8, 4) is 0 Å². The van der Waals surface area contributed by atoms with E-state index in [-0.39, 0.29) is 17.3 Å². The van der Waals surface area contributed by atoms with Gasteiger partial charge in [0.1, 0.15) is 0 Å². The number of nitrogens with one attached hydrogen (secondary N) is 1. The molecule has 3 aliphatic heterocycles. The van der Waals surface area contributed by atoms with Crippen LogP contribution < -0.4 is 37.2 Å². The highest BCUT2D eigenvalue weighted by Gasteiger charge is 2.20. The number of carbonyl (C=O) groups is 3. The molecule has 6 aromatic heterocycles. The van der Waals surface area contributed by atoms with Gasteiger partial charge >= 0.3 is 0 Å². The van der Waals surface area contributed by atoms with E-state index in [1.54, 1.807) is 18.6 Å². The number of thiophene rings is 3. The summed E-state index contributed by atoms with van der Waals surface area (Å²) in [7, 11) is 4.31. The average Bonchev–Trinajstić information content (AvgIpc) is 4.21. The molecule has 0 atom stereocenters. The summed E-state index contributed by atoms with van der Waals surface area (Å²) in [5, 5.41) is 12.7. The second kappa shape index (κ2) is 24.9. The number of anilines is 6. The molecule has 3 aliphatic rings. The largest absolute Gasteiger partial charge is 0.398 e. The van der Waals surface area contributed by atoms with Crippen LogP contribution in [0.1, 0.15) is 47.1 Å². The molecule has 4 aromatic carbocycles. The van der Waals surface area contributed by atoms with Crippen molar-refractivity contribution in [2.75, 3.05) is 125 Å². The van der Waals surface area contributed by atoms with E-state index in [1.807, 2.05) is 65.4 Å². The van der Waals surface area contributed by atoms with E-state index in [1.165, 1.54) is 51.1 Å². The number of likely N-dealkylation sites (N-methyl/N-ethyl adjacent to an activating group) is 2. The van der Waals surface area contributed by atoms with E-state index in [0.29, 0.717) is 51.6 Å². The van der Waals surface area contributed by atoms with E-state index in [4.69, 9.17) is 17.2 Å². The summed E-state index contributed by atoms with van der Waals surface area (Å²) in [6.07, 6.45) is 6.00. The summed E-state index contributed by atoms with van der Waals surface area (Å²) in [6.45, 7) is 12.4. The fourth-order valence-electron chi connectivity index (χ4n) is 10.5. The minimum Gasteiger partial charge on any atom is -0.398 e. The first-order valence-electron chi connectivity index (χ1n) is 27.4. The molecule has 0 bridgehead atoms. The Kier molecular flexibility index (Phi) is 16.9. The van der Waals surface area contributed by atoms with E-state index >= 15 is 0 Å². The van der Waals surface area contributed by atoms with Crippen LogP contribution in [0.4, 0.5) is 32.8 Å². The second-order valence-corrected chi connectivity index (χ2v) is 24.0. The zero-order chi connectivity index (χ0) is 56.0. The number of rotatable bonds is 12. The predicted molar refractivity (Wildman–Crippen MR) is 338 cm³/mol. The highest BCUT2D eigenvalue weighted by molar-refractivity contribution is 7.23. The molecule has 15 nitrogen and oxygen atoms in total. The van der Waals surface area contributed by atoms with Crippen molar-refractivity contribution in [2.45, 2.75) is 19.3 Å². The van der Waals surface area contributed by atoms with Crippen LogP contribution in [0.25, 0.3) is 42.8 Å². The minimum atomic E-state index is 0.0424. The highest BCUT2D eigenvalue weighted by atomic mass is 32.1. The number of nitrogen functional groups attached to an aromatic ring is 3. The summed E-state index contributed by atoms with van der Waals surface area (Å²) in [5.74, 6) is 0.144. The molecule has 3 saturated heterocycles. The standard InChI is InChI=1S/C23H22N4OS.2C20H22N4OS/c24-23-19(18-3-1-2-4-22(18)29-23)13-21(28)16-11-15-5-6-17(12-20(15)26-14-16)27-9-7-25-8-10-27;1-23-5-7-24(8-6-23)16-3-2-14-10-15(13-22-18(14)11-16)19(25)12-20-17(21)4-9-26-20;1-23-5-7-24(8-6-23)17-3-2-14-10-16(13-22-18(14)12-17)19(25)11-15-4-9-26-20(15)21/h1-6,11-12,14,25H,7-10,13,24H2;2-4,9-11,13H,5-8,12,21H2,1H3;2-4,9-10,12-13H,5-8,11,21H2,1H3. The fourth-order valence-corrected chi connectivity index (χ4v) is 13.0. The fraction of sp³-hybridized carbons (Fsp3) is 0.270. The third kappa shape index (κ3) is 13.0. The van der Waals surface area contributed by atoms with Crippen LogP contribution in [-0.2, 0) is 19.3 Å². The first-order valence-corrected chi connectivity index (χ1v) is 30.0. The Balaban J connectivity index is 0.000000128. The van der Waals surface area contributed by atoms with Crippen LogP contribution >= 0.6 is 34.0 Å². The molecule has 0 amide bonds. The van der Waals surface area contributed by atoms with Gasteiger partial charge in [-0.25, -0.2) is 0 Å². The topological polar surface area (TPSA) is 196 Å². The van der Waals surface area contributed by atoms with E-state index in [2.05, 4.69) is 113 Å². The molecule has 9 heterocycles. The van der Waals surface area contributed by atoms with Crippen molar-refractivity contribution in [1.29, 1.82) is 0 Å². The third-order valence-electron chi connectivity index (χ3n) is 15.5. The van der Waals surface area contributed by atoms with Gasteiger partial charge in [0.15, 0.2) is 17.3 Å². The lowest BCUT2D eigenvalue weighted by atomic mass is 10.0. The zero-order valence-electron chi connectivity index (χ0n) is 45.6. The summed E-state index contributed by atoms with van der Waals surface area (Å²) >= 11 is 4.51. The molecular formula is C63H66N12O3S3. The number of nitrogens with two attached hydrogens (primary N) is 3. The van der Waals surface area contributed by atoms with Gasteiger partial charge in [-0.05, 0) is 109 Å². The zero-order valence-corrected chi connectivity index (χ0v) is 48.1. The van der Waals surface area contributed by atoms with Crippen LogP contribution in [-0.4, -0.2) is 135 Å². The van der Waals surface area contributed by atoms with Gasteiger partial charge < -0.3 is 47.0 Å². The lowest BCUT2D eigenvalue weighted by Crippen LogP contribution is -2.44. The number of nitrogens with zero attached hydrogens (tertiary/aromatic N) is 8. The smallest absolute Gasteiger partial charge is 0.169 e. The van der Waals surface area contributed by atoms with E-state index < -0.39 is 0 Å². The van der Waals surface area contributed by atoms with Crippen molar-refractivity contribution in [2.24, 2.45) is 0 Å². The van der Waals surface area contributed by atoms with Crippen molar-refractivity contribution >= 4 is 127 Å². The molecule has 3 fully saturated rings. The Bertz CT molecular complexity index is 3730. The second-order valence-electron chi connectivity index (χ2n) is 21.0. The molecule has 0 saturated carbocycles. The van der Waals surface area contributed by atoms with Gasteiger partial charge in [0.2, 0.25) is 0 Å². The Morgan fingerprint density at radius 2 is 0.975 bits per heavy atom. The molecule has 414 valence electrons. The average molecular weight is 1140 g/mol. The van der Waals surface area contributed by atoms with Crippen LogP contribution in [0.15, 0.2) is 139 Å². The number of hydrogen-bond acceptors (Lipinski definition) is 18. The number of pyridine rings is 3. The summed E-state index contributed by atoms with van der Waals surface area (Å²) in [4.78, 5) is 64.5. The van der Waals surface area contributed by atoms with E-state index in [9.17, 15) is 14.4 Å². The number of fused-ring (bicyclic) bond motifs is 4. The highest BCUT2D eigenvalue weighted by Crippen LogP contribution is 2.35. The van der Waals surface area contributed by atoms with Crippen LogP contribution in [0.2, 0.25) is 0 Å². The summed E-state index contributed by atoms with van der Waals surface area (Å²) in [5.41, 5.74) is 28.7. The molecule has 0 aliphatic carbocycles. The monoisotopic (exact) mass is 1130 g/mol. The van der Waals surface area contributed by atoms with Gasteiger partial charge in [0.25, 0.3) is 0 Å². The molecule has 7 N–H and O–H groups in total. The Hall–Kier alpha value is -7.84. The first kappa shape index (κ1) is 55.1. The van der Waals surface area contributed by atoms with Crippen molar-refractivity contribution < 1.29 is 14.4 Å². The SMILES string of the molecule is CN1CCN(c2ccc3cc(C(=O)Cc4ccsc4N)cnc3c2)CC1.CN1CCN(c2ccc3cc(C(=O)Cc4sccc4N)cnc3c2)CC1.Nc1sc2ccccc2c1CC(=O)c1cnc2cc(N3CCNCC3)ccc2c1. The first-order chi connectivity index (χ1) is 39.4. The molecule has 18 heteroatoms. The number of piperazine rings is 3. The molecular weight excluding hydrogens is 1070 g/mol. The van der Waals surface area contributed by atoms with Crippen molar-refractivity contribution in [3.05, 3.63) is 171 Å². The maximum Gasteiger partial charge on any atom is 0.169 e. The maximum absolute atomic E-state index is 13.0. The summed E-state index contributed by atoms with van der Waals surface area (Å²) < 4.78 is 1.12. The molecule has 81 heavy (non-hydrogen) atoms. The lowest BCUT2D eigenvalue weighted by Gasteiger charge is -2.34. The quantitative estimate of drug-likeness (QED) is 0.0843. The minimum absolute atomic E-state index is 0.0424. The van der Waals surface area contributed by atoms with Crippen LogP contribution in [0.3, 0.4) is 0 Å². The van der Waals surface area contributed by atoms with Gasteiger partial charge in [-0.1, -0.05) is 36.4 Å². The lowest BCUT2D eigenvalue weighted by molar-refractivity contribution is 0.0985. The van der Waals surface area contributed by atoms with Crippen molar-refractivity contribution in [3.63, 3.8) is 0 Å². The Labute approximate surface area is 483 Å². The molecule has 0 radical (unpaired) electrons. The normalized spacial score (nSPS) is 15.2. The van der Waals surface area contributed by atoms with Gasteiger partial charge in [-0.3, -0.25) is 29.3 Å². The van der Waals surface area contributed by atoms with Crippen molar-refractivity contribution in [1.82, 2.24) is 30.1 Å².